The van der Waals surface area contributed by atoms with Crippen LogP contribution in [0.3, 0.4) is 0 Å². The predicted octanol–water partition coefficient (Wildman–Crippen LogP) is 0.549. The van der Waals surface area contributed by atoms with Crippen LogP contribution in [0.4, 0.5) is 5.69 Å². The summed E-state index contributed by atoms with van der Waals surface area (Å²) >= 11 is 0. The number of carbonyl (C=O) groups is 1. The van der Waals surface area contributed by atoms with Crippen LogP contribution in [0.5, 0.6) is 5.75 Å². The lowest BCUT2D eigenvalue weighted by Crippen LogP contribution is -2.54. The number of aliphatic hydroxyl groups excluding tert-OH is 1. The van der Waals surface area contributed by atoms with Crippen molar-refractivity contribution < 1.29 is 19.4 Å². The summed E-state index contributed by atoms with van der Waals surface area (Å²) < 4.78 is 10.4. The van der Waals surface area contributed by atoms with Crippen LogP contribution in [0, 0.1) is 0 Å². The Balaban J connectivity index is 2.20. The molecular formula is C14H20N2O4. The normalized spacial score (nSPS) is 17.5. The highest BCUT2D eigenvalue weighted by Crippen LogP contribution is 2.24. The molecule has 0 spiro atoms. The molecule has 1 aliphatic heterocycles. The Bertz CT molecular complexity index is 484. The maximum atomic E-state index is 12.4. The number of ether oxygens (including phenoxy) is 2. The van der Waals surface area contributed by atoms with Crippen molar-refractivity contribution in [3.8, 4) is 5.75 Å². The van der Waals surface area contributed by atoms with E-state index in [2.05, 4.69) is 5.32 Å². The summed E-state index contributed by atoms with van der Waals surface area (Å²) in [5, 5.41) is 12.5. The largest absolute Gasteiger partial charge is 0.496 e. The zero-order valence-electron chi connectivity index (χ0n) is 11.5. The molecule has 0 saturated carbocycles. The predicted molar refractivity (Wildman–Crippen MR) is 74.7 cm³/mol. The zero-order valence-corrected chi connectivity index (χ0v) is 11.5. The molecule has 6 nitrogen and oxygen atoms in total. The van der Waals surface area contributed by atoms with Crippen LogP contribution in [0.25, 0.3) is 0 Å². The molecule has 1 aromatic carbocycles. The fourth-order valence-electron chi connectivity index (χ4n) is 2.30. The van der Waals surface area contributed by atoms with Crippen LogP contribution in [-0.2, 0) is 4.74 Å². The third-order valence-electron chi connectivity index (χ3n) is 3.60. The lowest BCUT2D eigenvalue weighted by atomic mass is 9.90. The summed E-state index contributed by atoms with van der Waals surface area (Å²) in [4.78, 5) is 12.4. The number of rotatable bonds is 4. The number of anilines is 1. The van der Waals surface area contributed by atoms with E-state index >= 15 is 0 Å². The second kappa shape index (κ2) is 6.11. The number of methoxy groups -OCH3 is 1. The van der Waals surface area contributed by atoms with E-state index in [9.17, 15) is 9.90 Å². The van der Waals surface area contributed by atoms with Crippen molar-refractivity contribution in [1.82, 2.24) is 5.32 Å². The number of benzene rings is 1. The Morgan fingerprint density at radius 3 is 2.80 bits per heavy atom. The molecule has 6 heteroatoms. The lowest BCUT2D eigenvalue weighted by Gasteiger charge is -2.36. The van der Waals surface area contributed by atoms with E-state index < -0.39 is 5.54 Å². The van der Waals surface area contributed by atoms with Crippen LogP contribution >= 0.6 is 0 Å². The third-order valence-corrected chi connectivity index (χ3v) is 3.60. The highest BCUT2D eigenvalue weighted by atomic mass is 16.5. The molecule has 0 bridgehead atoms. The van der Waals surface area contributed by atoms with Gasteiger partial charge in [0.2, 0.25) is 0 Å². The molecule has 1 amide bonds. The molecular weight excluding hydrogens is 260 g/mol. The van der Waals surface area contributed by atoms with Crippen molar-refractivity contribution in [2.75, 3.05) is 32.7 Å². The van der Waals surface area contributed by atoms with Gasteiger partial charge in [-0.15, -0.1) is 0 Å². The van der Waals surface area contributed by atoms with Gasteiger partial charge < -0.3 is 25.6 Å². The summed E-state index contributed by atoms with van der Waals surface area (Å²) in [5.41, 5.74) is 5.93. The second-order valence-electron chi connectivity index (χ2n) is 4.96. The Kier molecular flexibility index (Phi) is 4.46. The summed E-state index contributed by atoms with van der Waals surface area (Å²) in [6.07, 6.45) is 1.17. The highest BCUT2D eigenvalue weighted by molar-refractivity contribution is 5.98. The zero-order chi connectivity index (χ0) is 14.6. The van der Waals surface area contributed by atoms with Crippen LogP contribution in [0.2, 0.25) is 0 Å². The smallest absolute Gasteiger partial charge is 0.255 e. The van der Waals surface area contributed by atoms with Gasteiger partial charge in [0.25, 0.3) is 5.91 Å². The number of nitrogens with one attached hydrogen (secondary N) is 1. The number of aliphatic hydroxyl groups is 1. The van der Waals surface area contributed by atoms with Crippen LogP contribution < -0.4 is 15.8 Å². The summed E-state index contributed by atoms with van der Waals surface area (Å²) in [6, 6.07) is 4.89. The number of nitrogen functional groups attached to an aromatic ring is 1. The highest BCUT2D eigenvalue weighted by Gasteiger charge is 2.34. The van der Waals surface area contributed by atoms with Gasteiger partial charge >= 0.3 is 0 Å². The van der Waals surface area contributed by atoms with Gasteiger partial charge in [-0.2, -0.15) is 0 Å². The second-order valence-corrected chi connectivity index (χ2v) is 4.96. The first-order chi connectivity index (χ1) is 9.60. The molecule has 2 rings (SSSR count). The van der Waals surface area contributed by atoms with Gasteiger partial charge in [0.05, 0.1) is 24.8 Å². The van der Waals surface area contributed by atoms with E-state index in [0.29, 0.717) is 43.1 Å². The molecule has 0 atom stereocenters. The van der Waals surface area contributed by atoms with E-state index in [1.165, 1.54) is 7.11 Å². The SMILES string of the molecule is COc1ccc(N)cc1C(=O)NC1(CO)CCOCC1. The molecule has 0 radical (unpaired) electrons. The van der Waals surface area contributed by atoms with Crippen LogP contribution in [0.1, 0.15) is 23.2 Å². The van der Waals surface area contributed by atoms with E-state index in [4.69, 9.17) is 15.2 Å². The number of hydrogen-bond acceptors (Lipinski definition) is 5. The number of carbonyl (C=O) groups excluding carboxylic acids is 1. The Morgan fingerprint density at radius 1 is 1.50 bits per heavy atom. The minimum atomic E-state index is -0.634. The maximum Gasteiger partial charge on any atom is 0.255 e. The average molecular weight is 280 g/mol. The molecule has 4 N–H and O–H groups in total. The molecule has 1 aliphatic rings. The monoisotopic (exact) mass is 280 g/mol. The Labute approximate surface area is 117 Å². The summed E-state index contributed by atoms with van der Waals surface area (Å²) in [5.74, 6) is 0.155. The number of amides is 1. The molecule has 0 unspecified atom stereocenters. The fraction of sp³-hybridized carbons (Fsp3) is 0.500. The maximum absolute atomic E-state index is 12.4. The number of nitrogens with two attached hydrogens (primary N) is 1. The lowest BCUT2D eigenvalue weighted by molar-refractivity contribution is 0.0125. The Hall–Kier alpha value is -1.79. The van der Waals surface area contributed by atoms with E-state index in [-0.39, 0.29) is 12.5 Å². The first-order valence-corrected chi connectivity index (χ1v) is 6.55. The van der Waals surface area contributed by atoms with Crippen molar-refractivity contribution in [3.63, 3.8) is 0 Å². The minimum absolute atomic E-state index is 0.118. The average Bonchev–Trinajstić information content (AvgIpc) is 2.48. The van der Waals surface area contributed by atoms with E-state index in [0.717, 1.165) is 0 Å². The summed E-state index contributed by atoms with van der Waals surface area (Å²) in [6.45, 7) is 0.927. The van der Waals surface area contributed by atoms with Crippen LogP contribution in [-0.4, -0.2) is 43.5 Å². The molecule has 1 aromatic rings. The van der Waals surface area contributed by atoms with Gasteiger partial charge in [-0.25, -0.2) is 0 Å². The van der Waals surface area contributed by atoms with Gasteiger partial charge in [0.1, 0.15) is 5.75 Å². The number of hydrogen-bond donors (Lipinski definition) is 3. The first kappa shape index (κ1) is 14.6. The van der Waals surface area contributed by atoms with E-state index in [1.807, 2.05) is 0 Å². The summed E-state index contributed by atoms with van der Waals surface area (Å²) in [7, 11) is 1.50. The molecule has 0 aromatic heterocycles. The van der Waals surface area contributed by atoms with Gasteiger partial charge in [-0.1, -0.05) is 0 Å². The first-order valence-electron chi connectivity index (χ1n) is 6.55. The molecule has 1 heterocycles. The topological polar surface area (TPSA) is 93.8 Å². The third kappa shape index (κ3) is 3.02. The quantitative estimate of drug-likeness (QED) is 0.700. The van der Waals surface area contributed by atoms with Crippen molar-refractivity contribution >= 4 is 11.6 Å². The minimum Gasteiger partial charge on any atom is -0.496 e. The fourth-order valence-corrected chi connectivity index (χ4v) is 2.30. The molecule has 1 saturated heterocycles. The van der Waals surface area contributed by atoms with Crippen molar-refractivity contribution in [2.24, 2.45) is 0 Å². The van der Waals surface area contributed by atoms with E-state index in [1.54, 1.807) is 18.2 Å². The van der Waals surface area contributed by atoms with Gasteiger partial charge in [-0.05, 0) is 31.0 Å². The van der Waals surface area contributed by atoms with Gasteiger partial charge in [0.15, 0.2) is 0 Å². The van der Waals surface area contributed by atoms with Crippen LogP contribution in [0.15, 0.2) is 18.2 Å². The molecule has 20 heavy (non-hydrogen) atoms. The van der Waals surface area contributed by atoms with Gasteiger partial charge in [0, 0.05) is 18.9 Å². The van der Waals surface area contributed by atoms with Crippen molar-refractivity contribution in [3.05, 3.63) is 23.8 Å². The molecule has 0 aliphatic carbocycles. The van der Waals surface area contributed by atoms with Gasteiger partial charge in [-0.3, -0.25) is 4.79 Å². The molecule has 110 valence electrons. The molecule has 1 fully saturated rings. The Morgan fingerprint density at radius 2 is 2.20 bits per heavy atom. The standard InChI is InChI=1S/C14H20N2O4/c1-19-12-3-2-10(15)8-11(12)13(18)16-14(9-17)4-6-20-7-5-14/h2-3,8,17H,4-7,9,15H2,1H3,(H,16,18). The van der Waals surface area contributed by atoms with Crippen molar-refractivity contribution in [2.45, 2.75) is 18.4 Å². The van der Waals surface area contributed by atoms with Crippen molar-refractivity contribution in [1.29, 1.82) is 0 Å².